The van der Waals surface area contributed by atoms with Gasteiger partial charge in [-0.1, -0.05) is 30.3 Å². The van der Waals surface area contributed by atoms with Crippen LogP contribution in [0.5, 0.6) is 0 Å². The Kier molecular flexibility index (Phi) is 2.63. The molecule has 0 aliphatic carbocycles. The normalized spacial score (nSPS) is 20.7. The van der Waals surface area contributed by atoms with Gasteiger partial charge in [0.1, 0.15) is 0 Å². The van der Waals surface area contributed by atoms with Crippen molar-refractivity contribution in [3.05, 3.63) is 54.1 Å². The quantitative estimate of drug-likeness (QED) is 0.726. The third kappa shape index (κ3) is 1.86. The number of hydrogen-bond acceptors (Lipinski definition) is 3. The van der Waals surface area contributed by atoms with Crippen molar-refractivity contribution < 1.29 is 4.39 Å². The van der Waals surface area contributed by atoms with Gasteiger partial charge in [-0.2, -0.15) is 0 Å². The molecule has 6 heteroatoms. The van der Waals surface area contributed by atoms with Gasteiger partial charge in [0.15, 0.2) is 17.8 Å². The van der Waals surface area contributed by atoms with Crippen LogP contribution >= 0.6 is 0 Å². The summed E-state index contributed by atoms with van der Waals surface area (Å²) in [5.74, 6) is 1.51. The molecule has 1 aromatic carbocycles. The lowest BCUT2D eigenvalue weighted by Gasteiger charge is -2.11. The maximum Gasteiger partial charge on any atom is 0.217 e. The maximum absolute atomic E-state index is 14.3. The van der Waals surface area contributed by atoms with Gasteiger partial charge in [-0.25, -0.2) is 19.0 Å². The number of aromatic nitrogens is 5. The van der Waals surface area contributed by atoms with Gasteiger partial charge in [0.25, 0.3) is 0 Å². The van der Waals surface area contributed by atoms with Crippen molar-refractivity contribution in [3.8, 4) is 11.6 Å². The van der Waals surface area contributed by atoms with Crippen molar-refractivity contribution in [1.82, 2.24) is 24.3 Å². The van der Waals surface area contributed by atoms with Gasteiger partial charge in [-0.05, 0) is 5.56 Å². The molecular formula is C15H14FN5. The van der Waals surface area contributed by atoms with E-state index in [9.17, 15) is 4.39 Å². The Morgan fingerprint density at radius 2 is 2.05 bits per heavy atom. The summed E-state index contributed by atoms with van der Waals surface area (Å²) in [5.41, 5.74) is 1.05. The molecule has 1 unspecified atom stereocenters. The molecular weight excluding hydrogens is 269 g/mol. The number of benzene rings is 1. The molecule has 3 aromatic rings. The number of rotatable bonds is 2. The molecule has 21 heavy (non-hydrogen) atoms. The Balaban J connectivity index is 1.80. The Morgan fingerprint density at radius 3 is 2.76 bits per heavy atom. The van der Waals surface area contributed by atoms with Crippen LogP contribution in [-0.2, 0) is 7.05 Å². The topological polar surface area (TPSA) is 48.5 Å². The zero-order valence-corrected chi connectivity index (χ0v) is 11.5. The third-order valence-corrected chi connectivity index (χ3v) is 3.87. The summed E-state index contributed by atoms with van der Waals surface area (Å²) in [7, 11) is 1.87. The first-order chi connectivity index (χ1) is 10.2. The lowest BCUT2D eigenvalue weighted by Crippen LogP contribution is -2.07. The molecule has 4 rings (SSSR count). The van der Waals surface area contributed by atoms with E-state index in [1.807, 2.05) is 48.1 Å². The molecule has 1 aliphatic rings. The summed E-state index contributed by atoms with van der Waals surface area (Å²) in [6.07, 6.45) is 2.81. The molecule has 5 nitrogen and oxygen atoms in total. The van der Waals surface area contributed by atoms with Crippen LogP contribution in [0.2, 0.25) is 0 Å². The standard InChI is InChI=1S/C15H14FN5/c1-20-8-7-17-15(20)13-18-14-11(16)9-12(21(14)19-13)10-5-3-2-4-6-10/h2-8,11-12H,9H2,1H3/t11?,12-/m0/s1. The highest BCUT2D eigenvalue weighted by molar-refractivity contribution is 5.44. The second kappa shape index (κ2) is 4.51. The summed E-state index contributed by atoms with van der Waals surface area (Å²) in [5, 5.41) is 4.48. The Labute approximate surface area is 121 Å². The Bertz CT molecular complexity index is 776. The highest BCUT2D eigenvalue weighted by Gasteiger charge is 2.35. The molecule has 2 aromatic heterocycles. The number of aryl methyl sites for hydroxylation is 1. The van der Waals surface area contributed by atoms with E-state index in [1.165, 1.54) is 0 Å². The van der Waals surface area contributed by atoms with Gasteiger partial charge < -0.3 is 4.57 Å². The molecule has 0 saturated heterocycles. The zero-order chi connectivity index (χ0) is 14.4. The van der Waals surface area contributed by atoms with Crippen molar-refractivity contribution in [2.75, 3.05) is 0 Å². The summed E-state index contributed by atoms with van der Waals surface area (Å²) in [6.45, 7) is 0. The Hall–Kier alpha value is -2.50. The van der Waals surface area contributed by atoms with E-state index in [0.717, 1.165) is 5.56 Å². The minimum atomic E-state index is -1.09. The lowest BCUT2D eigenvalue weighted by molar-refractivity contribution is 0.329. The number of nitrogens with zero attached hydrogens (tertiary/aromatic N) is 5. The summed E-state index contributed by atoms with van der Waals surface area (Å²) < 4.78 is 17.8. The molecule has 0 fully saturated rings. The number of fused-ring (bicyclic) bond motifs is 1. The molecule has 2 atom stereocenters. The van der Waals surface area contributed by atoms with E-state index in [4.69, 9.17) is 0 Å². The van der Waals surface area contributed by atoms with Crippen molar-refractivity contribution in [3.63, 3.8) is 0 Å². The first-order valence-corrected chi connectivity index (χ1v) is 6.87. The minimum absolute atomic E-state index is 0.0993. The van der Waals surface area contributed by atoms with Crippen LogP contribution in [-0.4, -0.2) is 24.3 Å². The van der Waals surface area contributed by atoms with Crippen molar-refractivity contribution in [1.29, 1.82) is 0 Å². The van der Waals surface area contributed by atoms with Crippen molar-refractivity contribution in [2.45, 2.75) is 18.6 Å². The summed E-state index contributed by atoms with van der Waals surface area (Å²) in [4.78, 5) is 8.57. The van der Waals surface area contributed by atoms with Crippen LogP contribution in [0, 0.1) is 0 Å². The van der Waals surface area contributed by atoms with Crippen molar-refractivity contribution >= 4 is 0 Å². The van der Waals surface area contributed by atoms with Crippen LogP contribution in [0.1, 0.15) is 30.0 Å². The van der Waals surface area contributed by atoms with Crippen LogP contribution in [0.15, 0.2) is 42.7 Å². The van der Waals surface area contributed by atoms with E-state index in [0.29, 0.717) is 23.9 Å². The first-order valence-electron chi connectivity index (χ1n) is 6.87. The largest absolute Gasteiger partial charge is 0.331 e. The molecule has 0 saturated carbocycles. The van der Waals surface area contributed by atoms with E-state index in [-0.39, 0.29) is 6.04 Å². The first kappa shape index (κ1) is 12.3. The smallest absolute Gasteiger partial charge is 0.217 e. The van der Waals surface area contributed by atoms with Crippen molar-refractivity contribution in [2.24, 2.45) is 7.05 Å². The highest BCUT2D eigenvalue weighted by atomic mass is 19.1. The van der Waals surface area contributed by atoms with Crippen LogP contribution in [0.25, 0.3) is 11.6 Å². The third-order valence-electron chi connectivity index (χ3n) is 3.87. The van der Waals surface area contributed by atoms with Gasteiger partial charge in [-0.3, -0.25) is 0 Å². The Morgan fingerprint density at radius 1 is 1.24 bits per heavy atom. The zero-order valence-electron chi connectivity index (χ0n) is 11.5. The van der Waals surface area contributed by atoms with E-state index < -0.39 is 6.17 Å². The monoisotopic (exact) mass is 283 g/mol. The second-order valence-electron chi connectivity index (χ2n) is 5.23. The molecule has 0 radical (unpaired) electrons. The van der Waals surface area contributed by atoms with Crippen LogP contribution in [0.4, 0.5) is 4.39 Å². The maximum atomic E-state index is 14.3. The fourth-order valence-corrected chi connectivity index (χ4v) is 2.81. The molecule has 0 N–H and O–H groups in total. The number of alkyl halides is 1. The van der Waals surface area contributed by atoms with Crippen LogP contribution < -0.4 is 0 Å². The average molecular weight is 283 g/mol. The fraction of sp³-hybridized carbons (Fsp3) is 0.267. The summed E-state index contributed by atoms with van der Waals surface area (Å²) >= 11 is 0. The predicted molar refractivity (Wildman–Crippen MR) is 75.3 cm³/mol. The van der Waals surface area contributed by atoms with E-state index >= 15 is 0 Å². The number of imidazole rings is 1. The van der Waals surface area contributed by atoms with E-state index in [2.05, 4.69) is 15.1 Å². The predicted octanol–water partition coefficient (Wildman–Crippen LogP) is 2.68. The second-order valence-corrected chi connectivity index (χ2v) is 5.23. The summed E-state index contributed by atoms with van der Waals surface area (Å²) in [6, 6.07) is 9.75. The average Bonchev–Trinajstić information content (AvgIpc) is 3.17. The molecule has 106 valence electrons. The van der Waals surface area contributed by atoms with Gasteiger partial charge >= 0.3 is 0 Å². The molecule has 1 aliphatic heterocycles. The number of hydrogen-bond donors (Lipinski definition) is 0. The lowest BCUT2D eigenvalue weighted by atomic mass is 10.0. The molecule has 0 bridgehead atoms. The van der Waals surface area contributed by atoms with Crippen LogP contribution in [0.3, 0.4) is 0 Å². The van der Waals surface area contributed by atoms with Gasteiger partial charge in [-0.15, -0.1) is 5.10 Å². The SMILES string of the molecule is Cn1ccnc1-c1nc2n(n1)[C@H](c1ccccc1)CC2F. The van der Waals surface area contributed by atoms with Gasteiger partial charge in [0.05, 0.1) is 6.04 Å². The molecule has 0 amide bonds. The fourth-order valence-electron chi connectivity index (χ4n) is 2.81. The number of halogens is 1. The van der Waals surface area contributed by atoms with Gasteiger partial charge in [0, 0.05) is 25.9 Å². The molecule has 0 spiro atoms. The highest BCUT2D eigenvalue weighted by Crippen LogP contribution is 2.39. The van der Waals surface area contributed by atoms with E-state index in [1.54, 1.807) is 10.9 Å². The minimum Gasteiger partial charge on any atom is -0.331 e. The van der Waals surface area contributed by atoms with Gasteiger partial charge in [0.2, 0.25) is 5.82 Å². The molecule has 3 heterocycles.